The Morgan fingerprint density at radius 1 is 1.43 bits per heavy atom. The Morgan fingerprint density at radius 3 is 2.86 bits per heavy atom. The lowest BCUT2D eigenvalue weighted by Gasteiger charge is -2.09. The second kappa shape index (κ2) is 3.95. The Labute approximate surface area is 85.0 Å². The van der Waals surface area contributed by atoms with Crippen LogP contribution in [0.25, 0.3) is 0 Å². The second-order valence-corrected chi connectivity index (χ2v) is 3.93. The van der Waals surface area contributed by atoms with E-state index in [0.717, 1.165) is 18.8 Å². The van der Waals surface area contributed by atoms with E-state index in [1.165, 1.54) is 24.1 Å². The molecule has 0 saturated heterocycles. The first kappa shape index (κ1) is 9.44. The topological polar surface area (TPSA) is 37.8 Å². The SMILES string of the molecule is CCCNc1ncnc(C2CC2)c1C. The summed E-state index contributed by atoms with van der Waals surface area (Å²) in [5, 5.41) is 3.33. The summed E-state index contributed by atoms with van der Waals surface area (Å²) < 4.78 is 0. The summed E-state index contributed by atoms with van der Waals surface area (Å²) in [6, 6.07) is 0. The fourth-order valence-corrected chi connectivity index (χ4v) is 1.65. The molecule has 76 valence electrons. The van der Waals surface area contributed by atoms with E-state index in [1.54, 1.807) is 6.33 Å². The van der Waals surface area contributed by atoms with Crippen molar-refractivity contribution in [2.75, 3.05) is 11.9 Å². The summed E-state index contributed by atoms with van der Waals surface area (Å²) in [5.74, 6) is 1.73. The lowest BCUT2D eigenvalue weighted by Crippen LogP contribution is -2.06. The molecular formula is C11H17N3. The molecule has 1 aromatic rings. The van der Waals surface area contributed by atoms with Gasteiger partial charge in [-0.25, -0.2) is 9.97 Å². The van der Waals surface area contributed by atoms with Crippen LogP contribution < -0.4 is 5.32 Å². The van der Waals surface area contributed by atoms with Gasteiger partial charge in [-0.1, -0.05) is 6.92 Å². The number of nitrogens with one attached hydrogen (secondary N) is 1. The molecule has 1 saturated carbocycles. The van der Waals surface area contributed by atoms with Crippen molar-refractivity contribution in [1.82, 2.24) is 9.97 Å². The molecule has 3 heteroatoms. The van der Waals surface area contributed by atoms with E-state index in [1.807, 2.05) is 0 Å². The molecule has 0 amide bonds. The maximum atomic E-state index is 4.36. The van der Waals surface area contributed by atoms with Gasteiger partial charge in [-0.2, -0.15) is 0 Å². The molecule has 1 aliphatic rings. The molecule has 0 aromatic carbocycles. The number of aromatic nitrogens is 2. The average molecular weight is 191 g/mol. The molecule has 0 spiro atoms. The van der Waals surface area contributed by atoms with Gasteiger partial charge in [-0.05, 0) is 26.2 Å². The van der Waals surface area contributed by atoms with E-state index in [2.05, 4.69) is 29.1 Å². The van der Waals surface area contributed by atoms with Crippen molar-refractivity contribution in [3.05, 3.63) is 17.6 Å². The Balaban J connectivity index is 2.18. The van der Waals surface area contributed by atoms with Crippen molar-refractivity contribution in [3.63, 3.8) is 0 Å². The molecule has 1 N–H and O–H groups in total. The van der Waals surface area contributed by atoms with E-state index >= 15 is 0 Å². The van der Waals surface area contributed by atoms with Crippen LogP contribution in [0.4, 0.5) is 5.82 Å². The Bertz CT molecular complexity index is 318. The first-order chi connectivity index (χ1) is 6.83. The average Bonchev–Trinajstić information content (AvgIpc) is 3.00. The van der Waals surface area contributed by atoms with Crippen LogP contribution in [0.1, 0.15) is 43.4 Å². The highest BCUT2D eigenvalue weighted by molar-refractivity contribution is 5.46. The summed E-state index contributed by atoms with van der Waals surface area (Å²) in [4.78, 5) is 8.62. The molecule has 0 atom stereocenters. The van der Waals surface area contributed by atoms with Crippen LogP contribution in [0.2, 0.25) is 0 Å². The van der Waals surface area contributed by atoms with Crippen molar-refractivity contribution in [2.24, 2.45) is 0 Å². The minimum Gasteiger partial charge on any atom is -0.370 e. The molecule has 1 fully saturated rings. The smallest absolute Gasteiger partial charge is 0.132 e. The zero-order valence-corrected chi connectivity index (χ0v) is 8.88. The van der Waals surface area contributed by atoms with Gasteiger partial charge < -0.3 is 5.32 Å². The minimum absolute atomic E-state index is 0.708. The fraction of sp³-hybridized carbons (Fsp3) is 0.636. The third-order valence-electron chi connectivity index (χ3n) is 2.63. The first-order valence-electron chi connectivity index (χ1n) is 5.38. The molecule has 1 aliphatic carbocycles. The lowest BCUT2D eigenvalue weighted by molar-refractivity contribution is 0.927. The molecule has 1 heterocycles. The zero-order valence-electron chi connectivity index (χ0n) is 8.88. The highest BCUT2D eigenvalue weighted by Crippen LogP contribution is 2.41. The standard InChI is InChI=1S/C11H17N3/c1-3-6-12-11-8(2)10(9-4-5-9)13-7-14-11/h7,9H,3-6H2,1-2H3,(H,12,13,14). The third-order valence-corrected chi connectivity index (χ3v) is 2.63. The maximum absolute atomic E-state index is 4.36. The van der Waals surface area contributed by atoms with E-state index in [9.17, 15) is 0 Å². The number of rotatable bonds is 4. The maximum Gasteiger partial charge on any atom is 0.132 e. The third kappa shape index (κ3) is 1.86. The highest BCUT2D eigenvalue weighted by atomic mass is 15.0. The molecular weight excluding hydrogens is 174 g/mol. The van der Waals surface area contributed by atoms with Crippen molar-refractivity contribution in [3.8, 4) is 0 Å². The van der Waals surface area contributed by atoms with Gasteiger partial charge in [0.15, 0.2) is 0 Å². The number of hydrogen-bond acceptors (Lipinski definition) is 3. The van der Waals surface area contributed by atoms with Gasteiger partial charge in [0.2, 0.25) is 0 Å². The second-order valence-electron chi connectivity index (χ2n) is 3.93. The van der Waals surface area contributed by atoms with Crippen LogP contribution in [0, 0.1) is 6.92 Å². The van der Waals surface area contributed by atoms with Gasteiger partial charge in [0.05, 0.1) is 5.69 Å². The highest BCUT2D eigenvalue weighted by Gasteiger charge is 2.27. The molecule has 0 aliphatic heterocycles. The van der Waals surface area contributed by atoms with Crippen molar-refractivity contribution in [2.45, 2.75) is 39.0 Å². The van der Waals surface area contributed by atoms with Crippen LogP contribution in [0.15, 0.2) is 6.33 Å². The first-order valence-corrected chi connectivity index (χ1v) is 5.38. The molecule has 1 aromatic heterocycles. The lowest BCUT2D eigenvalue weighted by atomic mass is 10.1. The number of anilines is 1. The van der Waals surface area contributed by atoms with E-state index in [4.69, 9.17) is 0 Å². The van der Waals surface area contributed by atoms with Gasteiger partial charge in [0.25, 0.3) is 0 Å². The van der Waals surface area contributed by atoms with Gasteiger partial charge in [0.1, 0.15) is 12.1 Å². The van der Waals surface area contributed by atoms with Crippen molar-refractivity contribution >= 4 is 5.82 Å². The predicted octanol–water partition coefficient (Wildman–Crippen LogP) is 2.48. The predicted molar refractivity (Wildman–Crippen MR) is 57.5 cm³/mol. The number of nitrogens with zero attached hydrogens (tertiary/aromatic N) is 2. The normalized spacial score (nSPS) is 15.6. The van der Waals surface area contributed by atoms with Crippen LogP contribution in [0.5, 0.6) is 0 Å². The quantitative estimate of drug-likeness (QED) is 0.794. The monoisotopic (exact) mass is 191 g/mol. The minimum atomic E-state index is 0.708. The molecule has 0 radical (unpaired) electrons. The molecule has 0 unspecified atom stereocenters. The Hall–Kier alpha value is -1.12. The summed E-state index contributed by atoms with van der Waals surface area (Å²) in [6.45, 7) is 5.26. The summed E-state index contributed by atoms with van der Waals surface area (Å²) in [7, 11) is 0. The number of hydrogen-bond donors (Lipinski definition) is 1. The van der Waals surface area contributed by atoms with Crippen molar-refractivity contribution in [1.29, 1.82) is 0 Å². The fourth-order valence-electron chi connectivity index (χ4n) is 1.65. The summed E-state index contributed by atoms with van der Waals surface area (Å²) >= 11 is 0. The van der Waals surface area contributed by atoms with Gasteiger partial charge in [-0.3, -0.25) is 0 Å². The summed E-state index contributed by atoms with van der Waals surface area (Å²) in [5.41, 5.74) is 2.49. The van der Waals surface area contributed by atoms with Crippen molar-refractivity contribution < 1.29 is 0 Å². The Morgan fingerprint density at radius 2 is 2.21 bits per heavy atom. The molecule has 0 bridgehead atoms. The molecule has 3 nitrogen and oxygen atoms in total. The molecule has 2 rings (SSSR count). The van der Waals surface area contributed by atoms with Crippen LogP contribution in [-0.2, 0) is 0 Å². The zero-order chi connectivity index (χ0) is 9.97. The van der Waals surface area contributed by atoms with Gasteiger partial charge >= 0.3 is 0 Å². The van der Waals surface area contributed by atoms with Gasteiger partial charge in [0, 0.05) is 18.0 Å². The Kier molecular flexibility index (Phi) is 2.66. The van der Waals surface area contributed by atoms with Crippen LogP contribution in [-0.4, -0.2) is 16.5 Å². The van der Waals surface area contributed by atoms with Crippen LogP contribution in [0.3, 0.4) is 0 Å². The largest absolute Gasteiger partial charge is 0.370 e. The molecule has 14 heavy (non-hydrogen) atoms. The van der Waals surface area contributed by atoms with Gasteiger partial charge in [-0.15, -0.1) is 0 Å². The van der Waals surface area contributed by atoms with E-state index < -0.39 is 0 Å². The van der Waals surface area contributed by atoms with E-state index in [-0.39, 0.29) is 0 Å². The van der Waals surface area contributed by atoms with Crippen LogP contribution >= 0.6 is 0 Å². The van der Waals surface area contributed by atoms with E-state index in [0.29, 0.717) is 5.92 Å². The summed E-state index contributed by atoms with van der Waals surface area (Å²) in [6.07, 6.45) is 5.40.